The first-order valence-corrected chi connectivity index (χ1v) is 5.52. The number of carbonyl (C=O) groups is 1. The second-order valence-corrected chi connectivity index (χ2v) is 4.01. The second kappa shape index (κ2) is 5.06. The van der Waals surface area contributed by atoms with Gasteiger partial charge < -0.3 is 9.84 Å². The van der Waals surface area contributed by atoms with Crippen molar-refractivity contribution in [3.05, 3.63) is 47.2 Å². The highest BCUT2D eigenvalue weighted by Crippen LogP contribution is 2.34. The van der Waals surface area contributed by atoms with E-state index in [0.717, 1.165) is 0 Å². The van der Waals surface area contributed by atoms with Crippen molar-refractivity contribution in [3.8, 4) is 16.9 Å². The highest BCUT2D eigenvalue weighted by Gasteiger charge is 2.15. The van der Waals surface area contributed by atoms with Gasteiger partial charge >= 0.3 is 5.97 Å². The van der Waals surface area contributed by atoms with Crippen molar-refractivity contribution in [2.45, 2.75) is 0 Å². The van der Waals surface area contributed by atoms with E-state index in [1.807, 2.05) is 0 Å². The van der Waals surface area contributed by atoms with E-state index in [1.54, 1.807) is 18.2 Å². The number of halogens is 1. The van der Waals surface area contributed by atoms with Gasteiger partial charge in [0.25, 0.3) is 0 Å². The molecule has 5 heteroatoms. The maximum atomic E-state index is 11.2. The predicted molar refractivity (Wildman–Crippen MR) is 68.2 cm³/mol. The molecule has 92 valence electrons. The molecule has 0 amide bonds. The van der Waals surface area contributed by atoms with Gasteiger partial charge in [-0.3, -0.25) is 4.98 Å². The van der Waals surface area contributed by atoms with E-state index in [1.165, 1.54) is 25.6 Å². The molecular weight excluding hydrogens is 254 g/mol. The van der Waals surface area contributed by atoms with Crippen LogP contribution in [0, 0.1) is 0 Å². The molecule has 1 aromatic carbocycles. The summed E-state index contributed by atoms with van der Waals surface area (Å²) in [5, 5.41) is 9.66. The van der Waals surface area contributed by atoms with E-state index in [9.17, 15) is 4.79 Å². The molecular formula is C13H10ClNO3. The van der Waals surface area contributed by atoms with Gasteiger partial charge in [0.15, 0.2) is 0 Å². The zero-order valence-corrected chi connectivity index (χ0v) is 10.3. The Bertz CT molecular complexity index is 599. The summed E-state index contributed by atoms with van der Waals surface area (Å²) in [4.78, 5) is 15.1. The Kier molecular flexibility index (Phi) is 3.48. The molecule has 0 spiro atoms. The summed E-state index contributed by atoms with van der Waals surface area (Å²) in [6, 6.07) is 6.47. The molecule has 0 unspecified atom stereocenters. The Morgan fingerprint density at radius 3 is 2.78 bits per heavy atom. The van der Waals surface area contributed by atoms with Gasteiger partial charge in [0.05, 0.1) is 12.7 Å². The van der Waals surface area contributed by atoms with Crippen LogP contribution in [0.4, 0.5) is 0 Å². The van der Waals surface area contributed by atoms with Crippen LogP contribution in [0.1, 0.15) is 10.4 Å². The first-order valence-electron chi connectivity index (χ1n) is 5.14. The van der Waals surface area contributed by atoms with E-state index in [2.05, 4.69) is 4.98 Å². The third-order valence-electron chi connectivity index (χ3n) is 2.50. The number of carboxylic acids is 1. The third kappa shape index (κ3) is 2.28. The standard InChI is InChI=1S/C13H10ClNO3/c1-18-12-3-2-8(14)6-10(12)11-7-15-5-4-9(11)13(16)17/h2-7H,1H3,(H,16,17). The zero-order chi connectivity index (χ0) is 13.1. The highest BCUT2D eigenvalue weighted by atomic mass is 35.5. The lowest BCUT2D eigenvalue weighted by Crippen LogP contribution is -2.01. The predicted octanol–water partition coefficient (Wildman–Crippen LogP) is 3.11. The van der Waals surface area contributed by atoms with Gasteiger partial charge in [0, 0.05) is 28.5 Å². The van der Waals surface area contributed by atoms with E-state index < -0.39 is 5.97 Å². The van der Waals surface area contributed by atoms with Crippen molar-refractivity contribution in [1.29, 1.82) is 0 Å². The zero-order valence-electron chi connectivity index (χ0n) is 9.55. The number of ether oxygens (including phenoxy) is 1. The van der Waals surface area contributed by atoms with Crippen molar-refractivity contribution in [3.63, 3.8) is 0 Å². The molecule has 0 bridgehead atoms. The van der Waals surface area contributed by atoms with Gasteiger partial charge in [0.2, 0.25) is 0 Å². The molecule has 1 heterocycles. The number of pyridine rings is 1. The van der Waals surface area contributed by atoms with Gasteiger partial charge in [-0.2, -0.15) is 0 Å². The molecule has 2 rings (SSSR count). The fourth-order valence-electron chi connectivity index (χ4n) is 1.69. The number of aromatic nitrogens is 1. The minimum absolute atomic E-state index is 0.158. The lowest BCUT2D eigenvalue weighted by molar-refractivity contribution is 0.0697. The van der Waals surface area contributed by atoms with Crippen LogP contribution in [-0.4, -0.2) is 23.2 Å². The largest absolute Gasteiger partial charge is 0.496 e. The summed E-state index contributed by atoms with van der Waals surface area (Å²) in [5.41, 5.74) is 1.24. The molecule has 0 radical (unpaired) electrons. The van der Waals surface area contributed by atoms with Crippen molar-refractivity contribution in [2.75, 3.05) is 7.11 Å². The number of hydrogen-bond donors (Lipinski definition) is 1. The number of hydrogen-bond acceptors (Lipinski definition) is 3. The van der Waals surface area contributed by atoms with Crippen LogP contribution in [0.2, 0.25) is 5.02 Å². The van der Waals surface area contributed by atoms with Crippen molar-refractivity contribution >= 4 is 17.6 Å². The molecule has 1 N–H and O–H groups in total. The van der Waals surface area contributed by atoms with Crippen LogP contribution in [0.15, 0.2) is 36.7 Å². The van der Waals surface area contributed by atoms with Crippen LogP contribution in [-0.2, 0) is 0 Å². The molecule has 0 aliphatic rings. The average molecular weight is 264 g/mol. The minimum Gasteiger partial charge on any atom is -0.496 e. The molecule has 0 atom stereocenters. The smallest absolute Gasteiger partial charge is 0.336 e. The molecule has 18 heavy (non-hydrogen) atoms. The maximum absolute atomic E-state index is 11.2. The first-order chi connectivity index (χ1) is 8.63. The molecule has 0 fully saturated rings. The fourth-order valence-corrected chi connectivity index (χ4v) is 1.86. The summed E-state index contributed by atoms with van der Waals surface area (Å²) in [6.07, 6.45) is 2.92. The molecule has 0 aliphatic carbocycles. The minimum atomic E-state index is -1.02. The van der Waals surface area contributed by atoms with Crippen LogP contribution in [0.5, 0.6) is 5.75 Å². The monoisotopic (exact) mass is 263 g/mol. The highest BCUT2D eigenvalue weighted by molar-refractivity contribution is 6.31. The van der Waals surface area contributed by atoms with E-state index in [0.29, 0.717) is 21.9 Å². The fraction of sp³-hybridized carbons (Fsp3) is 0.0769. The van der Waals surface area contributed by atoms with Crippen LogP contribution >= 0.6 is 11.6 Å². The Morgan fingerprint density at radius 1 is 1.33 bits per heavy atom. The Labute approximate surface area is 109 Å². The molecule has 2 aromatic rings. The lowest BCUT2D eigenvalue weighted by Gasteiger charge is -2.10. The Balaban J connectivity index is 2.68. The van der Waals surface area contributed by atoms with E-state index >= 15 is 0 Å². The summed E-state index contributed by atoms with van der Waals surface area (Å²) in [6.45, 7) is 0. The molecule has 4 nitrogen and oxygen atoms in total. The summed E-state index contributed by atoms with van der Waals surface area (Å²) < 4.78 is 5.21. The normalized spacial score (nSPS) is 10.1. The SMILES string of the molecule is COc1ccc(Cl)cc1-c1cnccc1C(=O)O. The summed E-state index contributed by atoms with van der Waals surface area (Å²) in [7, 11) is 1.52. The van der Waals surface area contributed by atoms with Crippen molar-refractivity contribution in [2.24, 2.45) is 0 Å². The second-order valence-electron chi connectivity index (χ2n) is 3.57. The van der Waals surface area contributed by atoms with Crippen LogP contribution in [0.3, 0.4) is 0 Å². The van der Waals surface area contributed by atoms with Crippen molar-refractivity contribution < 1.29 is 14.6 Å². The average Bonchev–Trinajstić information content (AvgIpc) is 2.38. The van der Waals surface area contributed by atoms with Gasteiger partial charge in [-0.1, -0.05) is 11.6 Å². The van der Waals surface area contributed by atoms with Crippen LogP contribution in [0.25, 0.3) is 11.1 Å². The van der Waals surface area contributed by atoms with E-state index in [-0.39, 0.29) is 5.56 Å². The van der Waals surface area contributed by atoms with Gasteiger partial charge in [0.1, 0.15) is 5.75 Å². The number of aromatic carboxylic acids is 1. The summed E-state index contributed by atoms with van der Waals surface area (Å²) >= 11 is 5.93. The van der Waals surface area contributed by atoms with E-state index in [4.69, 9.17) is 21.4 Å². The number of rotatable bonds is 3. The lowest BCUT2D eigenvalue weighted by atomic mass is 10.0. The number of carboxylic acid groups (broad SMARTS) is 1. The maximum Gasteiger partial charge on any atom is 0.336 e. The van der Waals surface area contributed by atoms with Gasteiger partial charge in [-0.15, -0.1) is 0 Å². The first kappa shape index (κ1) is 12.4. The van der Waals surface area contributed by atoms with Gasteiger partial charge in [-0.25, -0.2) is 4.79 Å². The molecule has 0 saturated heterocycles. The molecule has 0 aliphatic heterocycles. The molecule has 0 saturated carbocycles. The Morgan fingerprint density at radius 2 is 2.11 bits per heavy atom. The molecule has 1 aromatic heterocycles. The quantitative estimate of drug-likeness (QED) is 0.924. The summed E-state index contributed by atoms with van der Waals surface area (Å²) in [5.74, 6) is -0.468. The van der Waals surface area contributed by atoms with Crippen molar-refractivity contribution in [1.82, 2.24) is 4.98 Å². The topological polar surface area (TPSA) is 59.4 Å². The number of methoxy groups -OCH3 is 1. The number of benzene rings is 1. The Hall–Kier alpha value is -2.07. The third-order valence-corrected chi connectivity index (χ3v) is 2.74. The van der Waals surface area contributed by atoms with Gasteiger partial charge in [-0.05, 0) is 24.3 Å². The van der Waals surface area contributed by atoms with Crippen LogP contribution < -0.4 is 4.74 Å². The number of nitrogens with zero attached hydrogens (tertiary/aromatic N) is 1.